The molecule has 0 aliphatic rings. The van der Waals surface area contributed by atoms with Crippen LogP contribution in [0.1, 0.15) is 26.3 Å². The second-order valence-corrected chi connectivity index (χ2v) is 3.32. The molecule has 1 aromatic heterocycles. The average Bonchev–Trinajstić information content (AvgIpc) is 2.54. The minimum Gasteiger partial charge on any atom is -0.396 e. The lowest BCUT2D eigenvalue weighted by molar-refractivity contribution is 0.500. The maximum Gasteiger partial charge on any atom is 0.0727 e. The maximum absolute atomic E-state index is 5.62. The SMILES string of the molecule is C=CC=C(C)C(CC)n1cc(N)cn1. The van der Waals surface area contributed by atoms with Crippen molar-refractivity contribution in [1.82, 2.24) is 9.78 Å². The number of aromatic nitrogens is 2. The van der Waals surface area contributed by atoms with Gasteiger partial charge >= 0.3 is 0 Å². The Morgan fingerprint density at radius 1 is 1.79 bits per heavy atom. The van der Waals surface area contributed by atoms with Gasteiger partial charge in [-0.1, -0.05) is 25.7 Å². The molecule has 0 aliphatic heterocycles. The summed E-state index contributed by atoms with van der Waals surface area (Å²) in [7, 11) is 0. The summed E-state index contributed by atoms with van der Waals surface area (Å²) in [5.41, 5.74) is 7.57. The van der Waals surface area contributed by atoms with Crippen molar-refractivity contribution in [2.45, 2.75) is 26.3 Å². The Balaban J connectivity index is 2.92. The fraction of sp³-hybridized carbons (Fsp3) is 0.364. The predicted molar refractivity (Wildman–Crippen MR) is 59.9 cm³/mol. The van der Waals surface area contributed by atoms with E-state index in [4.69, 9.17) is 5.73 Å². The van der Waals surface area contributed by atoms with Gasteiger partial charge in [0.05, 0.1) is 17.9 Å². The average molecular weight is 191 g/mol. The van der Waals surface area contributed by atoms with Crippen LogP contribution < -0.4 is 5.73 Å². The highest BCUT2D eigenvalue weighted by Gasteiger charge is 2.10. The van der Waals surface area contributed by atoms with E-state index < -0.39 is 0 Å². The molecule has 3 nitrogen and oxygen atoms in total. The van der Waals surface area contributed by atoms with Crippen LogP contribution in [0, 0.1) is 0 Å². The van der Waals surface area contributed by atoms with Crippen molar-refractivity contribution in [3.05, 3.63) is 36.7 Å². The van der Waals surface area contributed by atoms with Gasteiger partial charge in [-0.2, -0.15) is 5.10 Å². The Morgan fingerprint density at radius 3 is 2.93 bits per heavy atom. The molecule has 3 heteroatoms. The molecule has 1 atom stereocenters. The molecule has 1 heterocycles. The highest BCUT2D eigenvalue weighted by Crippen LogP contribution is 2.20. The molecule has 0 bridgehead atoms. The van der Waals surface area contributed by atoms with E-state index in [1.165, 1.54) is 5.57 Å². The lowest BCUT2D eigenvalue weighted by atomic mass is 10.1. The molecular formula is C11H17N3. The zero-order chi connectivity index (χ0) is 10.6. The lowest BCUT2D eigenvalue weighted by Crippen LogP contribution is -2.09. The molecule has 0 saturated heterocycles. The van der Waals surface area contributed by atoms with Crippen LogP contribution in [-0.2, 0) is 0 Å². The molecular weight excluding hydrogens is 174 g/mol. The van der Waals surface area contributed by atoms with Crippen molar-refractivity contribution in [2.75, 3.05) is 5.73 Å². The second-order valence-electron chi connectivity index (χ2n) is 3.32. The first kappa shape index (κ1) is 10.6. The zero-order valence-corrected chi connectivity index (χ0v) is 8.77. The number of allylic oxidation sites excluding steroid dienone is 3. The highest BCUT2D eigenvalue weighted by atomic mass is 15.3. The Labute approximate surface area is 84.9 Å². The minimum absolute atomic E-state index is 0.283. The first-order valence-corrected chi connectivity index (χ1v) is 4.77. The summed E-state index contributed by atoms with van der Waals surface area (Å²) < 4.78 is 1.89. The van der Waals surface area contributed by atoms with Gasteiger partial charge in [0.1, 0.15) is 0 Å². The Kier molecular flexibility index (Phi) is 3.51. The summed E-state index contributed by atoms with van der Waals surface area (Å²) in [5.74, 6) is 0. The molecule has 1 rings (SSSR count). The largest absolute Gasteiger partial charge is 0.396 e. The van der Waals surface area contributed by atoms with Crippen LogP contribution in [0.15, 0.2) is 36.7 Å². The van der Waals surface area contributed by atoms with Gasteiger partial charge in [-0.15, -0.1) is 0 Å². The van der Waals surface area contributed by atoms with Crippen LogP contribution in [0.3, 0.4) is 0 Å². The van der Waals surface area contributed by atoms with Crippen LogP contribution >= 0.6 is 0 Å². The summed E-state index contributed by atoms with van der Waals surface area (Å²) >= 11 is 0. The van der Waals surface area contributed by atoms with Crippen LogP contribution in [0.5, 0.6) is 0 Å². The van der Waals surface area contributed by atoms with E-state index in [2.05, 4.69) is 25.5 Å². The molecule has 0 amide bonds. The van der Waals surface area contributed by atoms with Crippen molar-refractivity contribution in [1.29, 1.82) is 0 Å². The Bertz CT molecular complexity index is 336. The first-order valence-electron chi connectivity index (χ1n) is 4.77. The highest BCUT2D eigenvalue weighted by molar-refractivity contribution is 5.31. The van der Waals surface area contributed by atoms with Crippen LogP contribution in [0.2, 0.25) is 0 Å². The summed E-state index contributed by atoms with van der Waals surface area (Å²) in [5, 5.41) is 4.21. The Morgan fingerprint density at radius 2 is 2.50 bits per heavy atom. The maximum atomic E-state index is 5.62. The van der Waals surface area contributed by atoms with Gasteiger partial charge < -0.3 is 5.73 Å². The number of nitrogens with zero attached hydrogens (tertiary/aromatic N) is 2. The molecule has 0 aromatic carbocycles. The van der Waals surface area contributed by atoms with Gasteiger partial charge in [-0.05, 0) is 18.9 Å². The zero-order valence-electron chi connectivity index (χ0n) is 8.77. The predicted octanol–water partition coefficient (Wildman–Crippen LogP) is 2.55. The van der Waals surface area contributed by atoms with Crippen LogP contribution in [0.4, 0.5) is 5.69 Å². The monoisotopic (exact) mass is 191 g/mol. The van der Waals surface area contributed by atoms with Crippen molar-refractivity contribution in [3.8, 4) is 0 Å². The Hall–Kier alpha value is -1.51. The number of nitrogens with two attached hydrogens (primary N) is 1. The van der Waals surface area contributed by atoms with Gasteiger partial charge in [0.15, 0.2) is 0 Å². The second kappa shape index (κ2) is 4.65. The number of hydrogen-bond donors (Lipinski definition) is 1. The molecule has 1 aromatic rings. The normalized spacial score (nSPS) is 14.0. The van der Waals surface area contributed by atoms with Gasteiger partial charge in [-0.25, -0.2) is 0 Å². The lowest BCUT2D eigenvalue weighted by Gasteiger charge is -2.15. The smallest absolute Gasteiger partial charge is 0.0727 e. The molecule has 0 spiro atoms. The van der Waals surface area contributed by atoms with Crippen molar-refractivity contribution in [2.24, 2.45) is 0 Å². The molecule has 0 saturated carbocycles. The molecule has 14 heavy (non-hydrogen) atoms. The number of hydrogen-bond acceptors (Lipinski definition) is 2. The summed E-state index contributed by atoms with van der Waals surface area (Å²) in [6.07, 6.45) is 8.33. The first-order chi connectivity index (χ1) is 6.69. The molecule has 0 radical (unpaired) electrons. The topological polar surface area (TPSA) is 43.8 Å². The third kappa shape index (κ3) is 2.25. The fourth-order valence-corrected chi connectivity index (χ4v) is 1.54. The quantitative estimate of drug-likeness (QED) is 0.743. The van der Waals surface area contributed by atoms with Crippen LogP contribution in [-0.4, -0.2) is 9.78 Å². The number of rotatable bonds is 4. The van der Waals surface area contributed by atoms with E-state index in [0.717, 1.165) is 6.42 Å². The number of anilines is 1. The molecule has 0 fully saturated rings. The standard InChI is InChI=1S/C11H17N3/c1-4-6-9(3)11(5-2)14-8-10(12)7-13-14/h4,6-8,11H,1,5,12H2,2-3H3. The summed E-state index contributed by atoms with van der Waals surface area (Å²) in [4.78, 5) is 0. The van der Waals surface area contributed by atoms with Crippen LogP contribution in [0.25, 0.3) is 0 Å². The summed E-state index contributed by atoms with van der Waals surface area (Å²) in [6.45, 7) is 7.89. The van der Waals surface area contributed by atoms with Crippen molar-refractivity contribution >= 4 is 5.69 Å². The molecule has 2 N–H and O–H groups in total. The third-order valence-corrected chi connectivity index (χ3v) is 2.23. The number of nitrogen functional groups attached to an aromatic ring is 1. The van der Waals surface area contributed by atoms with E-state index in [1.54, 1.807) is 12.3 Å². The van der Waals surface area contributed by atoms with E-state index in [0.29, 0.717) is 5.69 Å². The van der Waals surface area contributed by atoms with E-state index in [9.17, 15) is 0 Å². The fourth-order valence-electron chi connectivity index (χ4n) is 1.54. The molecule has 0 aliphatic carbocycles. The van der Waals surface area contributed by atoms with E-state index in [1.807, 2.05) is 17.0 Å². The van der Waals surface area contributed by atoms with E-state index in [-0.39, 0.29) is 6.04 Å². The third-order valence-electron chi connectivity index (χ3n) is 2.23. The van der Waals surface area contributed by atoms with Gasteiger partial charge in [0.25, 0.3) is 0 Å². The van der Waals surface area contributed by atoms with Gasteiger partial charge in [-0.3, -0.25) is 4.68 Å². The van der Waals surface area contributed by atoms with Crippen molar-refractivity contribution in [3.63, 3.8) is 0 Å². The molecule has 76 valence electrons. The van der Waals surface area contributed by atoms with Gasteiger partial charge in [0.2, 0.25) is 0 Å². The van der Waals surface area contributed by atoms with Crippen molar-refractivity contribution < 1.29 is 0 Å². The minimum atomic E-state index is 0.283. The summed E-state index contributed by atoms with van der Waals surface area (Å²) in [6, 6.07) is 0.283. The van der Waals surface area contributed by atoms with E-state index >= 15 is 0 Å². The van der Waals surface area contributed by atoms with Gasteiger partial charge in [0, 0.05) is 6.20 Å². The molecule has 1 unspecified atom stereocenters.